The fourth-order valence-corrected chi connectivity index (χ4v) is 5.43. The molecular weight excluding hydrogens is 460 g/mol. The van der Waals surface area contributed by atoms with Crippen molar-refractivity contribution in [1.29, 1.82) is 0 Å². The number of carbonyl (C=O) groups excluding carboxylic acids is 1. The Morgan fingerprint density at radius 1 is 1.00 bits per heavy atom. The molecule has 1 aliphatic heterocycles. The van der Waals surface area contributed by atoms with E-state index in [1.165, 1.54) is 4.31 Å². The predicted molar refractivity (Wildman–Crippen MR) is 129 cm³/mol. The zero-order chi connectivity index (χ0) is 23.4. The SMILES string of the molecule is Cc1ccc(Cl)cc1N(Cc1ccc(C(=O)N2CCOCC2)cc1)S(=O)(=O)c1ccccc1. The lowest BCUT2D eigenvalue weighted by molar-refractivity contribution is 0.0303. The number of benzene rings is 3. The van der Waals surface area contributed by atoms with Crippen LogP contribution in [0.25, 0.3) is 0 Å². The van der Waals surface area contributed by atoms with Crippen molar-refractivity contribution >= 4 is 33.2 Å². The summed E-state index contributed by atoms with van der Waals surface area (Å²) in [5.74, 6) is -0.0516. The average molecular weight is 485 g/mol. The smallest absolute Gasteiger partial charge is 0.264 e. The van der Waals surface area contributed by atoms with Gasteiger partial charge in [-0.25, -0.2) is 8.42 Å². The summed E-state index contributed by atoms with van der Waals surface area (Å²) in [5.41, 5.74) is 2.63. The van der Waals surface area contributed by atoms with Gasteiger partial charge in [0.1, 0.15) is 0 Å². The third-order valence-electron chi connectivity index (χ3n) is 5.60. The normalized spacial score (nSPS) is 14.2. The summed E-state index contributed by atoms with van der Waals surface area (Å²) in [4.78, 5) is 14.7. The second kappa shape index (κ2) is 9.95. The highest BCUT2D eigenvalue weighted by molar-refractivity contribution is 7.92. The molecule has 1 saturated heterocycles. The molecule has 3 aromatic carbocycles. The van der Waals surface area contributed by atoms with Crippen LogP contribution >= 0.6 is 11.6 Å². The van der Waals surface area contributed by atoms with Gasteiger partial charge in [0.05, 0.1) is 30.3 Å². The summed E-state index contributed by atoms with van der Waals surface area (Å²) >= 11 is 6.22. The second-order valence-corrected chi connectivity index (χ2v) is 10.2. The van der Waals surface area contributed by atoms with Gasteiger partial charge in [-0.15, -0.1) is 0 Å². The van der Waals surface area contributed by atoms with Crippen LogP contribution in [0.5, 0.6) is 0 Å². The molecule has 1 amide bonds. The molecule has 172 valence electrons. The van der Waals surface area contributed by atoms with Crippen LogP contribution < -0.4 is 4.31 Å². The molecular formula is C25H25ClN2O4S. The molecule has 6 nitrogen and oxygen atoms in total. The number of sulfonamides is 1. The molecule has 33 heavy (non-hydrogen) atoms. The lowest BCUT2D eigenvalue weighted by Gasteiger charge is -2.27. The third kappa shape index (κ3) is 5.21. The number of rotatable bonds is 6. The Morgan fingerprint density at radius 2 is 1.67 bits per heavy atom. The number of carbonyl (C=O) groups is 1. The predicted octanol–water partition coefficient (Wildman–Crippen LogP) is 4.52. The summed E-state index contributed by atoms with van der Waals surface area (Å²) < 4.78 is 33.9. The number of hydrogen-bond acceptors (Lipinski definition) is 4. The van der Waals surface area contributed by atoms with Gasteiger partial charge in [-0.2, -0.15) is 0 Å². The first kappa shape index (κ1) is 23.3. The van der Waals surface area contributed by atoms with E-state index in [-0.39, 0.29) is 17.3 Å². The van der Waals surface area contributed by atoms with Gasteiger partial charge in [0.15, 0.2) is 0 Å². The summed E-state index contributed by atoms with van der Waals surface area (Å²) in [6.45, 7) is 4.16. The molecule has 1 fully saturated rings. The van der Waals surface area contributed by atoms with Crippen LogP contribution in [0.15, 0.2) is 77.7 Å². The quantitative estimate of drug-likeness (QED) is 0.516. The molecule has 0 saturated carbocycles. The van der Waals surface area contributed by atoms with Crippen molar-refractivity contribution in [2.45, 2.75) is 18.4 Å². The molecule has 4 rings (SSSR count). The van der Waals surface area contributed by atoms with E-state index in [0.717, 1.165) is 11.1 Å². The van der Waals surface area contributed by atoms with Crippen molar-refractivity contribution in [2.24, 2.45) is 0 Å². The highest BCUT2D eigenvalue weighted by Crippen LogP contribution is 2.31. The van der Waals surface area contributed by atoms with E-state index in [1.807, 2.05) is 6.92 Å². The molecule has 3 aromatic rings. The minimum atomic E-state index is -3.85. The van der Waals surface area contributed by atoms with Crippen LogP contribution in [0.3, 0.4) is 0 Å². The second-order valence-electron chi connectivity index (χ2n) is 7.86. The molecule has 1 aliphatic rings. The maximum absolute atomic E-state index is 13.6. The van der Waals surface area contributed by atoms with Gasteiger partial charge in [0.2, 0.25) is 0 Å². The first-order chi connectivity index (χ1) is 15.9. The van der Waals surface area contributed by atoms with Gasteiger partial charge < -0.3 is 9.64 Å². The molecule has 0 atom stereocenters. The van der Waals surface area contributed by atoms with Gasteiger partial charge in [0, 0.05) is 23.7 Å². The van der Waals surface area contributed by atoms with Crippen LogP contribution in [-0.2, 0) is 21.3 Å². The highest BCUT2D eigenvalue weighted by Gasteiger charge is 2.27. The Morgan fingerprint density at radius 3 is 2.33 bits per heavy atom. The average Bonchev–Trinajstić information content (AvgIpc) is 2.85. The Kier molecular flexibility index (Phi) is 7.02. The van der Waals surface area contributed by atoms with Crippen molar-refractivity contribution in [3.63, 3.8) is 0 Å². The Bertz CT molecular complexity index is 1230. The van der Waals surface area contributed by atoms with E-state index >= 15 is 0 Å². The minimum absolute atomic E-state index is 0.0516. The molecule has 0 N–H and O–H groups in total. The van der Waals surface area contributed by atoms with Crippen LogP contribution in [0.4, 0.5) is 5.69 Å². The maximum atomic E-state index is 13.6. The standard InChI is InChI=1S/C25H25ClN2O4S/c1-19-7-12-22(26)17-24(19)28(33(30,31)23-5-3-2-4-6-23)18-20-8-10-21(11-9-20)25(29)27-13-15-32-16-14-27/h2-12,17H,13-16,18H2,1H3. The number of aryl methyl sites for hydroxylation is 1. The van der Waals surface area contributed by atoms with Gasteiger partial charge in [0.25, 0.3) is 15.9 Å². The Balaban J connectivity index is 1.66. The molecule has 8 heteroatoms. The van der Waals surface area contributed by atoms with Gasteiger partial charge in [-0.3, -0.25) is 9.10 Å². The Hall–Kier alpha value is -2.87. The van der Waals surface area contributed by atoms with Crippen LogP contribution in [0.1, 0.15) is 21.5 Å². The molecule has 0 unspecified atom stereocenters. The first-order valence-electron chi connectivity index (χ1n) is 10.7. The van der Waals surface area contributed by atoms with Crippen molar-refractivity contribution in [2.75, 3.05) is 30.6 Å². The summed E-state index contributed by atoms with van der Waals surface area (Å²) in [6, 6.07) is 20.6. The molecule has 0 aromatic heterocycles. The zero-order valence-electron chi connectivity index (χ0n) is 18.3. The van der Waals surface area contributed by atoms with Crippen molar-refractivity contribution < 1.29 is 17.9 Å². The molecule has 0 bridgehead atoms. The van der Waals surface area contributed by atoms with Gasteiger partial charge in [-0.1, -0.05) is 48.0 Å². The summed E-state index contributed by atoms with van der Waals surface area (Å²) in [5, 5.41) is 0.454. The Labute approximate surface area is 199 Å². The monoisotopic (exact) mass is 484 g/mol. The maximum Gasteiger partial charge on any atom is 0.264 e. The van der Waals surface area contributed by atoms with E-state index in [4.69, 9.17) is 16.3 Å². The van der Waals surface area contributed by atoms with Crippen molar-refractivity contribution in [1.82, 2.24) is 4.90 Å². The number of nitrogens with zero attached hydrogens (tertiary/aromatic N) is 2. The molecule has 1 heterocycles. The fourth-order valence-electron chi connectivity index (χ4n) is 3.74. The van der Waals surface area contributed by atoms with Crippen LogP contribution in [0.2, 0.25) is 5.02 Å². The molecule has 0 radical (unpaired) electrons. The van der Waals surface area contributed by atoms with Crippen molar-refractivity contribution in [3.05, 3.63) is 94.5 Å². The number of anilines is 1. The fraction of sp³-hybridized carbons (Fsp3) is 0.240. The highest BCUT2D eigenvalue weighted by atomic mass is 35.5. The van der Waals surface area contributed by atoms with E-state index in [1.54, 1.807) is 77.7 Å². The number of halogens is 1. The number of amides is 1. The van der Waals surface area contributed by atoms with E-state index < -0.39 is 10.0 Å². The number of hydrogen-bond donors (Lipinski definition) is 0. The van der Waals surface area contributed by atoms with Crippen LogP contribution in [-0.4, -0.2) is 45.5 Å². The third-order valence-corrected chi connectivity index (χ3v) is 7.61. The summed E-state index contributed by atoms with van der Waals surface area (Å²) in [6.07, 6.45) is 0. The molecule has 0 spiro atoms. The lowest BCUT2D eigenvalue weighted by Crippen LogP contribution is -2.40. The molecule has 0 aliphatic carbocycles. The first-order valence-corrected chi connectivity index (χ1v) is 12.5. The topological polar surface area (TPSA) is 66.9 Å². The van der Waals surface area contributed by atoms with E-state index in [0.29, 0.717) is 42.6 Å². The largest absolute Gasteiger partial charge is 0.378 e. The number of morpholine rings is 1. The van der Waals surface area contributed by atoms with Crippen molar-refractivity contribution in [3.8, 4) is 0 Å². The number of ether oxygens (including phenoxy) is 1. The van der Waals surface area contributed by atoms with Gasteiger partial charge in [-0.05, 0) is 54.4 Å². The summed E-state index contributed by atoms with van der Waals surface area (Å²) in [7, 11) is -3.85. The van der Waals surface area contributed by atoms with E-state index in [2.05, 4.69) is 0 Å². The zero-order valence-corrected chi connectivity index (χ0v) is 19.8. The van der Waals surface area contributed by atoms with Gasteiger partial charge >= 0.3 is 0 Å². The van der Waals surface area contributed by atoms with E-state index in [9.17, 15) is 13.2 Å². The lowest BCUT2D eigenvalue weighted by atomic mass is 10.1. The minimum Gasteiger partial charge on any atom is -0.378 e. The van der Waals surface area contributed by atoms with Crippen LogP contribution in [0, 0.1) is 6.92 Å².